The summed E-state index contributed by atoms with van der Waals surface area (Å²) >= 11 is 0. The molecule has 0 atom stereocenters. The third kappa shape index (κ3) is 3.96. The summed E-state index contributed by atoms with van der Waals surface area (Å²) in [6, 6.07) is 6.06. The molecule has 0 unspecified atom stereocenters. The zero-order valence-electron chi connectivity index (χ0n) is 11.5. The molecule has 5 nitrogen and oxygen atoms in total. The molecule has 0 spiro atoms. The highest BCUT2D eigenvalue weighted by Gasteiger charge is 2.27. The molecule has 0 amide bonds. The van der Waals surface area contributed by atoms with Crippen LogP contribution in [0, 0.1) is 5.41 Å². The Bertz CT molecular complexity index is 573. The summed E-state index contributed by atoms with van der Waals surface area (Å²) in [4.78, 5) is 11.1. The molecule has 1 aromatic rings. The molecule has 0 heterocycles. The van der Waals surface area contributed by atoms with Gasteiger partial charge >= 0.3 is 5.97 Å². The van der Waals surface area contributed by atoms with Crippen LogP contribution in [0.25, 0.3) is 0 Å². The van der Waals surface area contributed by atoms with Gasteiger partial charge < -0.3 is 5.11 Å². The van der Waals surface area contributed by atoms with E-state index in [1.54, 1.807) is 12.1 Å². The average Bonchev–Trinajstić information content (AvgIpc) is 2.24. The first-order chi connectivity index (χ1) is 8.54. The highest BCUT2D eigenvalue weighted by Crippen LogP contribution is 2.25. The summed E-state index contributed by atoms with van der Waals surface area (Å²) in [5.74, 6) is -1.20. The minimum absolute atomic E-state index is 0.0255. The maximum Gasteiger partial charge on any atom is 0.337 e. The van der Waals surface area contributed by atoms with Gasteiger partial charge in [0.1, 0.15) is 0 Å². The van der Waals surface area contributed by atoms with Crippen molar-refractivity contribution in [3.8, 4) is 0 Å². The fourth-order valence-corrected chi connectivity index (χ4v) is 3.47. The van der Waals surface area contributed by atoms with Crippen molar-refractivity contribution in [3.05, 3.63) is 29.8 Å². The molecule has 0 aromatic heterocycles. The van der Waals surface area contributed by atoms with Crippen LogP contribution in [0.4, 0.5) is 5.69 Å². The van der Waals surface area contributed by atoms with Crippen LogP contribution in [0.5, 0.6) is 0 Å². The molecule has 0 fully saturated rings. The Kier molecular flexibility index (Phi) is 4.25. The van der Waals surface area contributed by atoms with E-state index in [0.717, 1.165) is 4.31 Å². The molecule has 0 radical (unpaired) electrons. The van der Waals surface area contributed by atoms with Crippen molar-refractivity contribution in [2.45, 2.75) is 20.8 Å². The van der Waals surface area contributed by atoms with Crippen LogP contribution in [0.15, 0.2) is 24.3 Å². The second kappa shape index (κ2) is 5.21. The topological polar surface area (TPSA) is 74.7 Å². The molecule has 0 saturated carbocycles. The smallest absolute Gasteiger partial charge is 0.337 e. The maximum absolute atomic E-state index is 12.3. The van der Waals surface area contributed by atoms with E-state index in [0.29, 0.717) is 0 Å². The van der Waals surface area contributed by atoms with Gasteiger partial charge in [-0.1, -0.05) is 32.9 Å². The first kappa shape index (κ1) is 15.5. The van der Waals surface area contributed by atoms with Gasteiger partial charge in [-0.05, 0) is 17.5 Å². The number of hydrogen-bond donors (Lipinski definition) is 1. The number of anilines is 1. The molecule has 0 aliphatic rings. The zero-order chi connectivity index (χ0) is 14.8. The summed E-state index contributed by atoms with van der Waals surface area (Å²) in [6.07, 6.45) is 0. The molecule has 106 valence electrons. The Balaban J connectivity index is 3.21. The second-order valence-corrected chi connectivity index (χ2v) is 7.61. The first-order valence-electron chi connectivity index (χ1n) is 5.83. The summed E-state index contributed by atoms with van der Waals surface area (Å²) in [5, 5.41) is 9.09. The summed E-state index contributed by atoms with van der Waals surface area (Å²) in [5.41, 5.74) is -0.243. The van der Waals surface area contributed by atoms with Crippen LogP contribution in [0.1, 0.15) is 31.1 Å². The quantitative estimate of drug-likeness (QED) is 0.920. The highest BCUT2D eigenvalue weighted by atomic mass is 32.2. The van der Waals surface area contributed by atoms with E-state index in [4.69, 9.17) is 5.11 Å². The van der Waals surface area contributed by atoms with Gasteiger partial charge in [0, 0.05) is 7.05 Å². The highest BCUT2D eigenvalue weighted by molar-refractivity contribution is 7.92. The number of carboxylic acids is 1. The number of rotatable bonds is 4. The van der Waals surface area contributed by atoms with Crippen molar-refractivity contribution in [3.63, 3.8) is 0 Å². The zero-order valence-corrected chi connectivity index (χ0v) is 12.4. The predicted molar refractivity (Wildman–Crippen MR) is 75.0 cm³/mol. The lowest BCUT2D eigenvalue weighted by Crippen LogP contribution is -2.35. The maximum atomic E-state index is 12.3. The van der Waals surface area contributed by atoms with Crippen molar-refractivity contribution in [1.29, 1.82) is 0 Å². The molecular formula is C13H19NO4S. The number of carbonyl (C=O) groups is 1. The number of nitrogens with zero attached hydrogens (tertiary/aromatic N) is 1. The Morgan fingerprint density at radius 1 is 1.26 bits per heavy atom. The fraction of sp³-hybridized carbons (Fsp3) is 0.462. The monoisotopic (exact) mass is 285 g/mol. The minimum atomic E-state index is -3.56. The van der Waals surface area contributed by atoms with Gasteiger partial charge in [-0.15, -0.1) is 0 Å². The second-order valence-electron chi connectivity index (χ2n) is 5.61. The van der Waals surface area contributed by atoms with Gasteiger partial charge in [0.05, 0.1) is 17.0 Å². The van der Waals surface area contributed by atoms with Crippen molar-refractivity contribution in [2.75, 3.05) is 17.1 Å². The van der Waals surface area contributed by atoms with Crippen molar-refractivity contribution >= 4 is 21.7 Å². The minimum Gasteiger partial charge on any atom is -0.478 e. The average molecular weight is 285 g/mol. The standard InChI is InChI=1S/C13H19NO4S/c1-13(2,3)9-19(17,18)14(4)11-8-6-5-7-10(11)12(15)16/h5-8H,9H2,1-4H3,(H,15,16). The van der Waals surface area contributed by atoms with Crippen molar-refractivity contribution < 1.29 is 18.3 Å². The lowest BCUT2D eigenvalue weighted by molar-refractivity contribution is 0.0698. The summed E-state index contributed by atoms with van der Waals surface area (Å²) in [6.45, 7) is 5.46. The van der Waals surface area contributed by atoms with Crippen LogP contribution in [-0.4, -0.2) is 32.3 Å². The van der Waals surface area contributed by atoms with Gasteiger partial charge in [-0.3, -0.25) is 4.31 Å². The molecule has 1 rings (SSSR count). The molecule has 0 bridgehead atoms. The molecular weight excluding hydrogens is 266 g/mol. The number of benzene rings is 1. The number of aromatic carboxylic acids is 1. The van der Waals surface area contributed by atoms with Gasteiger partial charge in [0.15, 0.2) is 0 Å². The number of carboxylic acid groups (broad SMARTS) is 1. The van der Waals surface area contributed by atoms with E-state index in [-0.39, 0.29) is 17.0 Å². The van der Waals surface area contributed by atoms with E-state index in [2.05, 4.69) is 0 Å². The number of para-hydroxylation sites is 1. The molecule has 6 heteroatoms. The molecule has 0 aliphatic carbocycles. The largest absolute Gasteiger partial charge is 0.478 e. The van der Waals surface area contributed by atoms with E-state index >= 15 is 0 Å². The van der Waals surface area contributed by atoms with Crippen molar-refractivity contribution in [2.24, 2.45) is 5.41 Å². The Hall–Kier alpha value is -1.56. The van der Waals surface area contributed by atoms with E-state index < -0.39 is 21.4 Å². The summed E-state index contributed by atoms with van der Waals surface area (Å²) in [7, 11) is -2.18. The van der Waals surface area contributed by atoms with Gasteiger partial charge in [0.2, 0.25) is 10.0 Å². The molecule has 0 saturated heterocycles. The van der Waals surface area contributed by atoms with E-state index in [9.17, 15) is 13.2 Å². The first-order valence-corrected chi connectivity index (χ1v) is 7.44. The molecule has 1 aromatic carbocycles. The van der Waals surface area contributed by atoms with Crippen LogP contribution in [0.2, 0.25) is 0 Å². The Labute approximate surface area is 113 Å². The molecule has 1 N–H and O–H groups in total. The number of sulfonamides is 1. The van der Waals surface area contributed by atoms with Crippen LogP contribution in [0.3, 0.4) is 0 Å². The Morgan fingerprint density at radius 3 is 2.26 bits per heavy atom. The van der Waals surface area contributed by atoms with Gasteiger partial charge in [-0.25, -0.2) is 13.2 Å². The van der Waals surface area contributed by atoms with E-state index in [1.807, 2.05) is 20.8 Å². The van der Waals surface area contributed by atoms with Crippen LogP contribution >= 0.6 is 0 Å². The van der Waals surface area contributed by atoms with Gasteiger partial charge in [-0.2, -0.15) is 0 Å². The third-order valence-electron chi connectivity index (χ3n) is 2.51. The lowest BCUT2D eigenvalue weighted by Gasteiger charge is -2.26. The predicted octanol–water partition coefficient (Wildman–Crippen LogP) is 2.20. The third-order valence-corrected chi connectivity index (χ3v) is 4.77. The van der Waals surface area contributed by atoms with Crippen LogP contribution < -0.4 is 4.31 Å². The fourth-order valence-electron chi connectivity index (χ4n) is 1.72. The SMILES string of the molecule is CN(c1ccccc1C(=O)O)S(=O)(=O)CC(C)(C)C. The van der Waals surface area contributed by atoms with Crippen LogP contribution in [-0.2, 0) is 10.0 Å². The lowest BCUT2D eigenvalue weighted by atomic mass is 10.0. The molecule has 19 heavy (non-hydrogen) atoms. The van der Waals surface area contributed by atoms with E-state index in [1.165, 1.54) is 19.2 Å². The summed E-state index contributed by atoms with van der Waals surface area (Å²) < 4.78 is 25.6. The number of hydrogen-bond acceptors (Lipinski definition) is 3. The molecule has 0 aliphatic heterocycles. The Morgan fingerprint density at radius 2 is 1.79 bits per heavy atom. The van der Waals surface area contributed by atoms with Gasteiger partial charge in [0.25, 0.3) is 0 Å². The normalized spacial score (nSPS) is 12.2. The van der Waals surface area contributed by atoms with Crippen molar-refractivity contribution in [1.82, 2.24) is 0 Å².